The second kappa shape index (κ2) is 13.3. The summed E-state index contributed by atoms with van der Waals surface area (Å²) in [5.41, 5.74) is -1.22. The van der Waals surface area contributed by atoms with E-state index in [-0.39, 0.29) is 12.0 Å². The number of nitrogens with one attached hydrogen (secondary N) is 1. The normalized spacial score (nSPS) is 24.2. The van der Waals surface area contributed by atoms with Crippen molar-refractivity contribution in [2.24, 2.45) is 0 Å². The topological polar surface area (TPSA) is 253 Å². The van der Waals surface area contributed by atoms with Gasteiger partial charge in [0.2, 0.25) is 0 Å². The molecule has 230 valence electrons. The number of aliphatic hydroxyl groups is 2. The molecule has 4 unspecified atom stereocenters. The third-order valence-electron chi connectivity index (χ3n) is 5.81. The van der Waals surface area contributed by atoms with Crippen LogP contribution < -0.4 is 31.2 Å². The summed E-state index contributed by atoms with van der Waals surface area (Å²) < 4.78 is 54.5. The molecule has 0 radical (unpaired) electrons. The largest absolute Gasteiger partial charge is 0.775 e. The molecule has 0 saturated carbocycles. The van der Waals surface area contributed by atoms with Gasteiger partial charge in [-0.15, -0.1) is 0 Å². The second-order valence-corrected chi connectivity index (χ2v) is 13.8. The number of rotatable bonds is 10. The van der Waals surface area contributed by atoms with E-state index in [1.165, 1.54) is 18.2 Å². The molecule has 7 atom stereocenters. The Balaban J connectivity index is 1.42. The fourth-order valence-electron chi connectivity index (χ4n) is 3.81. The third-order valence-corrected chi connectivity index (χ3v) is 10.5. The van der Waals surface area contributed by atoms with Crippen LogP contribution in [0.25, 0.3) is 0 Å². The Bertz CT molecular complexity index is 1770. The second-order valence-electron chi connectivity index (χ2n) is 8.91. The van der Waals surface area contributed by atoms with Crippen molar-refractivity contribution in [1.82, 2.24) is 9.55 Å². The van der Waals surface area contributed by atoms with Crippen molar-refractivity contribution in [2.45, 2.75) is 31.0 Å². The summed E-state index contributed by atoms with van der Waals surface area (Å²) in [6.07, 6.45) is -5.84. The van der Waals surface area contributed by atoms with Crippen molar-refractivity contribution in [3.8, 4) is 11.8 Å². The highest BCUT2D eigenvalue weighted by atomic mass is 31.3. The smallest absolute Gasteiger partial charge is 0.330 e. The standard InChI is InChI=1S/C24H25N2O14P3/c27-20-19(15-37-42(33,34)40-43(35,36)39-41(31,32)18-12-5-2-6-13-18)38-23(21(20)28)26-14-17(22(29)25-24(26)30)11-7-10-16-8-3-1-4-9-16/h1-6,8-9,12-14,19-21,23,27-28H,10,15H2,(H,31,32)(H,33,34)(H,35,36)(H,25,29,30)/p-3/t19-,20+,21?,23-/m1/s1. The predicted octanol–water partition coefficient (Wildman–Crippen LogP) is -1.38. The highest BCUT2D eigenvalue weighted by Gasteiger charge is 2.45. The lowest BCUT2D eigenvalue weighted by atomic mass is 10.1. The van der Waals surface area contributed by atoms with Gasteiger partial charge >= 0.3 is 5.69 Å². The molecule has 3 aromatic rings. The van der Waals surface area contributed by atoms with E-state index in [2.05, 4.69) is 25.0 Å². The first kappa shape index (κ1) is 32.9. The van der Waals surface area contributed by atoms with Gasteiger partial charge in [0.15, 0.2) is 13.8 Å². The Morgan fingerprint density at radius 1 is 0.907 bits per heavy atom. The van der Waals surface area contributed by atoms with Crippen LogP contribution in [-0.2, 0) is 38.0 Å². The van der Waals surface area contributed by atoms with E-state index in [1.54, 1.807) is 12.1 Å². The van der Waals surface area contributed by atoms with Gasteiger partial charge in [-0.05, 0) is 5.56 Å². The molecule has 1 aromatic heterocycles. The minimum atomic E-state index is -6.07. The zero-order chi connectivity index (χ0) is 31.4. The highest BCUT2D eigenvalue weighted by molar-refractivity contribution is 7.70. The first-order valence-electron chi connectivity index (χ1n) is 12.1. The molecule has 1 saturated heterocycles. The number of aromatic amines is 1. The molecule has 0 spiro atoms. The van der Waals surface area contributed by atoms with Gasteiger partial charge in [-0.3, -0.25) is 27.8 Å². The predicted molar refractivity (Wildman–Crippen MR) is 141 cm³/mol. The first-order chi connectivity index (χ1) is 20.2. The molecule has 1 fully saturated rings. The molecule has 3 N–H and O–H groups in total. The van der Waals surface area contributed by atoms with Gasteiger partial charge in [0, 0.05) is 17.9 Å². The molecule has 2 heterocycles. The van der Waals surface area contributed by atoms with Gasteiger partial charge in [-0.1, -0.05) is 72.5 Å². The maximum absolute atomic E-state index is 12.4. The van der Waals surface area contributed by atoms with E-state index in [1.807, 2.05) is 23.2 Å². The number of phosphoric ester groups is 1. The summed E-state index contributed by atoms with van der Waals surface area (Å²) in [5, 5.41) is 20.2. The lowest BCUT2D eigenvalue weighted by Crippen LogP contribution is -2.38. The van der Waals surface area contributed by atoms with E-state index in [9.17, 15) is 48.2 Å². The number of aromatic nitrogens is 2. The lowest BCUT2D eigenvalue weighted by Gasteiger charge is -2.35. The van der Waals surface area contributed by atoms with Crippen LogP contribution in [0.5, 0.6) is 0 Å². The van der Waals surface area contributed by atoms with Crippen molar-refractivity contribution in [2.75, 3.05) is 6.61 Å². The summed E-state index contributed by atoms with van der Waals surface area (Å²) in [5.74, 6) is 5.37. The van der Waals surface area contributed by atoms with Gasteiger partial charge in [-0.25, -0.2) is 9.11 Å². The average molecular weight is 655 g/mol. The molecule has 43 heavy (non-hydrogen) atoms. The van der Waals surface area contributed by atoms with Crippen LogP contribution in [0.4, 0.5) is 0 Å². The summed E-state index contributed by atoms with van der Waals surface area (Å²) in [6.45, 7) is -1.15. The summed E-state index contributed by atoms with van der Waals surface area (Å²) in [7, 11) is -17.2. The van der Waals surface area contributed by atoms with Crippen molar-refractivity contribution in [3.63, 3.8) is 0 Å². The monoisotopic (exact) mass is 655 g/mol. The van der Waals surface area contributed by atoms with E-state index in [0.717, 1.165) is 23.9 Å². The van der Waals surface area contributed by atoms with E-state index in [4.69, 9.17) is 4.74 Å². The van der Waals surface area contributed by atoms with Gasteiger partial charge in [0.25, 0.3) is 21.2 Å². The Labute approximate surface area is 242 Å². The number of aliphatic hydroxyl groups excluding tert-OH is 2. The van der Waals surface area contributed by atoms with Gasteiger partial charge < -0.3 is 38.7 Å². The third kappa shape index (κ3) is 8.56. The van der Waals surface area contributed by atoms with Gasteiger partial charge in [-0.2, -0.15) is 0 Å². The number of hydrogen-bond donors (Lipinski definition) is 3. The van der Waals surface area contributed by atoms with Crippen LogP contribution in [0.1, 0.15) is 17.4 Å². The maximum atomic E-state index is 12.4. The van der Waals surface area contributed by atoms with Crippen LogP contribution >= 0.6 is 23.2 Å². The van der Waals surface area contributed by atoms with Gasteiger partial charge in [0.1, 0.15) is 23.9 Å². The van der Waals surface area contributed by atoms with Crippen molar-refractivity contribution >= 4 is 28.5 Å². The molecule has 4 rings (SSSR count). The molecule has 1 aliphatic rings. The van der Waals surface area contributed by atoms with Crippen molar-refractivity contribution < 1.29 is 56.5 Å². The molecule has 2 aromatic carbocycles. The number of benzene rings is 2. The molecule has 0 bridgehead atoms. The molecular weight excluding hydrogens is 633 g/mol. The quantitative estimate of drug-likeness (QED) is 0.168. The molecule has 1 aliphatic heterocycles. The average Bonchev–Trinajstić information content (AvgIpc) is 3.21. The Morgan fingerprint density at radius 3 is 2.19 bits per heavy atom. The summed E-state index contributed by atoms with van der Waals surface area (Å²) in [6, 6.07) is 15.0. The minimum Gasteiger partial charge on any atom is -0.775 e. The molecule has 16 nitrogen and oxygen atoms in total. The number of phosphoric acid groups is 2. The minimum absolute atomic E-state index is 0.185. The fourth-order valence-corrected chi connectivity index (χ4v) is 7.67. The van der Waals surface area contributed by atoms with E-state index in [0.29, 0.717) is 4.57 Å². The van der Waals surface area contributed by atoms with Gasteiger partial charge in [0.05, 0.1) is 6.61 Å². The number of ether oxygens (including phenoxy) is 1. The maximum Gasteiger partial charge on any atom is 0.330 e. The SMILES string of the molecule is O=c1[nH]c(=O)n([C@@H]2O[C@H](COP(=O)([O-])OP(=O)([O-])OP(=O)([O-])c3ccccc3)[C@H](O)C2O)cc1C#CCc1ccccc1. The van der Waals surface area contributed by atoms with Crippen LogP contribution in [0.3, 0.4) is 0 Å². The lowest BCUT2D eigenvalue weighted by molar-refractivity contribution is -0.245. The Hall–Kier alpha value is -2.99. The Kier molecular flexibility index (Phi) is 10.2. The number of hydrogen-bond acceptors (Lipinski definition) is 14. The van der Waals surface area contributed by atoms with Crippen LogP contribution in [0.15, 0.2) is 76.4 Å². The number of H-pyrrole nitrogens is 1. The number of nitrogens with zero attached hydrogens (tertiary/aromatic N) is 1. The highest BCUT2D eigenvalue weighted by Crippen LogP contribution is 2.62. The summed E-state index contributed by atoms with van der Waals surface area (Å²) in [4.78, 5) is 62.9. The van der Waals surface area contributed by atoms with Crippen molar-refractivity contribution in [1.29, 1.82) is 0 Å². The summed E-state index contributed by atoms with van der Waals surface area (Å²) >= 11 is 0. The van der Waals surface area contributed by atoms with Crippen LogP contribution in [-0.4, -0.2) is 44.7 Å². The zero-order valence-electron chi connectivity index (χ0n) is 21.7. The molecular formula is C24H22N2O14P3-3. The van der Waals surface area contributed by atoms with E-state index >= 15 is 0 Å². The molecule has 0 amide bonds. The first-order valence-corrected chi connectivity index (χ1v) is 16.6. The zero-order valence-corrected chi connectivity index (χ0v) is 24.3. The van der Waals surface area contributed by atoms with Crippen LogP contribution in [0.2, 0.25) is 0 Å². The van der Waals surface area contributed by atoms with Crippen LogP contribution in [0, 0.1) is 11.8 Å². The molecule has 0 aliphatic carbocycles. The van der Waals surface area contributed by atoms with Crippen molar-refractivity contribution in [3.05, 3.63) is 98.8 Å². The fraction of sp³-hybridized carbons (Fsp3) is 0.250. The molecule has 19 heteroatoms. The Morgan fingerprint density at radius 2 is 1.53 bits per heavy atom. The van der Waals surface area contributed by atoms with E-state index < -0.39 is 70.9 Å².